The van der Waals surface area contributed by atoms with E-state index in [1.165, 1.54) is 0 Å². The second-order valence-electron chi connectivity index (χ2n) is 11.9. The van der Waals surface area contributed by atoms with Crippen LogP contribution in [0.5, 0.6) is 0 Å². The van der Waals surface area contributed by atoms with E-state index in [1.54, 1.807) is 25.3 Å². The number of likely N-dealkylation sites (tertiary alicyclic amines) is 1. The number of benzene rings is 1. The SMILES string of the molecule is CN1CCC(N(C)C(=O)c2ccc(NC(N)=Nc3ncccc3C3=CCN(C(=O)C4CC(C)(O)C4)CC3)cc2)CC1. The maximum absolute atomic E-state index is 13.0. The molecule has 0 bridgehead atoms. The molecule has 1 aromatic carbocycles. The highest BCUT2D eigenvalue weighted by atomic mass is 16.3. The van der Waals surface area contributed by atoms with Gasteiger partial charge in [-0.2, -0.15) is 4.99 Å². The molecule has 1 saturated heterocycles. The van der Waals surface area contributed by atoms with E-state index in [0.717, 1.165) is 42.8 Å². The smallest absolute Gasteiger partial charge is 0.253 e. The first-order valence-electron chi connectivity index (χ1n) is 14.4. The lowest BCUT2D eigenvalue weighted by Crippen LogP contribution is -2.50. The minimum atomic E-state index is -0.712. The summed E-state index contributed by atoms with van der Waals surface area (Å²) in [6, 6.07) is 11.4. The number of piperidine rings is 1. The highest BCUT2D eigenvalue weighted by Gasteiger charge is 2.44. The number of anilines is 1. The van der Waals surface area contributed by atoms with Gasteiger partial charge in [-0.1, -0.05) is 6.08 Å². The van der Waals surface area contributed by atoms with E-state index in [-0.39, 0.29) is 29.7 Å². The van der Waals surface area contributed by atoms with E-state index < -0.39 is 5.60 Å². The van der Waals surface area contributed by atoms with Crippen molar-refractivity contribution in [3.8, 4) is 0 Å². The lowest BCUT2D eigenvalue weighted by atomic mass is 9.71. The van der Waals surface area contributed by atoms with Crippen LogP contribution in [0.4, 0.5) is 11.5 Å². The molecular weight excluding hydrogens is 518 g/mol. The summed E-state index contributed by atoms with van der Waals surface area (Å²) in [5.41, 5.74) is 8.87. The number of nitrogens with one attached hydrogen (secondary N) is 1. The third-order valence-corrected chi connectivity index (χ3v) is 8.56. The van der Waals surface area contributed by atoms with Crippen LogP contribution in [-0.2, 0) is 4.79 Å². The molecule has 2 aliphatic heterocycles. The summed E-state index contributed by atoms with van der Waals surface area (Å²) < 4.78 is 0. The van der Waals surface area contributed by atoms with Crippen molar-refractivity contribution in [2.24, 2.45) is 16.6 Å². The molecule has 0 atom stereocenters. The fourth-order valence-electron chi connectivity index (χ4n) is 6.02. The van der Waals surface area contributed by atoms with Crippen LogP contribution >= 0.6 is 0 Å². The van der Waals surface area contributed by atoms with Crippen molar-refractivity contribution in [3.05, 3.63) is 59.8 Å². The Morgan fingerprint density at radius 2 is 1.85 bits per heavy atom. The van der Waals surface area contributed by atoms with Crippen LogP contribution in [0.25, 0.3) is 5.57 Å². The molecule has 2 fully saturated rings. The molecule has 2 amide bonds. The number of carbonyl (C=O) groups excluding carboxylic acids is 2. The van der Waals surface area contributed by atoms with Crippen LogP contribution in [0.15, 0.2) is 53.7 Å². The fourth-order valence-corrected chi connectivity index (χ4v) is 6.02. The molecule has 3 aliphatic rings. The van der Waals surface area contributed by atoms with Crippen molar-refractivity contribution >= 4 is 34.9 Å². The normalized spacial score (nSPS) is 23.9. The van der Waals surface area contributed by atoms with Crippen LogP contribution in [0.1, 0.15) is 54.9 Å². The summed E-state index contributed by atoms with van der Waals surface area (Å²) >= 11 is 0. The molecule has 3 heterocycles. The topological polar surface area (TPSA) is 127 Å². The first-order valence-corrected chi connectivity index (χ1v) is 14.4. The number of nitrogens with two attached hydrogens (primary N) is 1. The molecule has 10 nitrogen and oxygen atoms in total. The van der Waals surface area contributed by atoms with Crippen molar-refractivity contribution in [2.45, 2.75) is 50.7 Å². The van der Waals surface area contributed by atoms with E-state index in [4.69, 9.17) is 5.73 Å². The number of aliphatic imine (C=N–C) groups is 1. The Morgan fingerprint density at radius 1 is 1.15 bits per heavy atom. The zero-order valence-corrected chi connectivity index (χ0v) is 24.2. The minimum Gasteiger partial charge on any atom is -0.390 e. The molecule has 1 saturated carbocycles. The van der Waals surface area contributed by atoms with E-state index in [9.17, 15) is 14.7 Å². The number of hydrogen-bond acceptors (Lipinski definition) is 6. The molecule has 1 aliphatic carbocycles. The number of carbonyl (C=O) groups is 2. The van der Waals surface area contributed by atoms with E-state index in [0.29, 0.717) is 43.7 Å². The van der Waals surface area contributed by atoms with E-state index in [2.05, 4.69) is 33.3 Å². The van der Waals surface area contributed by atoms with Crippen molar-refractivity contribution in [1.29, 1.82) is 0 Å². The Balaban J connectivity index is 1.20. The summed E-state index contributed by atoms with van der Waals surface area (Å²) in [6.07, 6.45) is 7.45. The van der Waals surface area contributed by atoms with Gasteiger partial charge >= 0.3 is 0 Å². The summed E-state index contributed by atoms with van der Waals surface area (Å²) in [6.45, 7) is 4.93. The Morgan fingerprint density at radius 3 is 2.49 bits per heavy atom. The summed E-state index contributed by atoms with van der Waals surface area (Å²) in [5.74, 6) is 0.747. The number of nitrogens with zero attached hydrogens (tertiary/aromatic N) is 5. The van der Waals surface area contributed by atoms with Crippen molar-refractivity contribution in [2.75, 3.05) is 45.6 Å². The number of amides is 2. The van der Waals surface area contributed by atoms with Gasteiger partial charge in [0, 0.05) is 55.1 Å². The minimum absolute atomic E-state index is 0.0199. The zero-order chi connectivity index (χ0) is 29.1. The zero-order valence-electron chi connectivity index (χ0n) is 24.2. The first kappa shape index (κ1) is 28.8. The van der Waals surface area contributed by atoms with Crippen molar-refractivity contribution in [3.63, 3.8) is 0 Å². The number of hydrogen-bond donors (Lipinski definition) is 3. The van der Waals surface area contributed by atoms with Gasteiger partial charge < -0.3 is 30.9 Å². The predicted octanol–water partition coefficient (Wildman–Crippen LogP) is 3.08. The van der Waals surface area contributed by atoms with Gasteiger partial charge in [0.2, 0.25) is 5.91 Å². The molecule has 218 valence electrons. The molecule has 10 heteroatoms. The standard InChI is InChI=1S/C31H41N7O3/c1-31(41)19-23(20-31)29(40)38-17-10-21(11-18-38)26-5-4-14-33-27(26)35-30(32)34-24-8-6-22(7-9-24)28(39)37(3)25-12-15-36(2)16-13-25/h4-10,14,23,25,41H,11-13,15-20H2,1-3H3,(H3,32,33,34,35). The molecule has 2 aromatic rings. The lowest BCUT2D eigenvalue weighted by Gasteiger charge is -2.42. The van der Waals surface area contributed by atoms with Gasteiger partial charge in [-0.25, -0.2) is 4.98 Å². The van der Waals surface area contributed by atoms with E-state index in [1.807, 2.05) is 41.1 Å². The Bertz CT molecular complexity index is 1320. The summed E-state index contributed by atoms with van der Waals surface area (Å²) in [5, 5.41) is 13.1. The second kappa shape index (κ2) is 12.0. The quantitative estimate of drug-likeness (QED) is 0.367. The number of guanidine groups is 1. The highest BCUT2D eigenvalue weighted by molar-refractivity contribution is 5.97. The third kappa shape index (κ3) is 6.77. The van der Waals surface area contributed by atoms with Crippen LogP contribution in [0.3, 0.4) is 0 Å². The summed E-state index contributed by atoms with van der Waals surface area (Å²) in [7, 11) is 4.00. The molecular formula is C31H41N7O3. The first-order chi connectivity index (χ1) is 19.6. The van der Waals surface area contributed by atoms with Gasteiger partial charge in [0.25, 0.3) is 5.91 Å². The molecule has 0 unspecified atom stereocenters. The average Bonchev–Trinajstić information content (AvgIpc) is 2.96. The van der Waals surface area contributed by atoms with Crippen LogP contribution in [0.2, 0.25) is 0 Å². The molecule has 41 heavy (non-hydrogen) atoms. The Hall–Kier alpha value is -3.76. The van der Waals surface area contributed by atoms with Crippen LogP contribution < -0.4 is 11.1 Å². The van der Waals surface area contributed by atoms with Crippen molar-refractivity contribution < 1.29 is 14.7 Å². The molecule has 0 spiro atoms. The highest BCUT2D eigenvalue weighted by Crippen LogP contribution is 2.39. The molecule has 1 aromatic heterocycles. The average molecular weight is 560 g/mol. The maximum atomic E-state index is 13.0. The van der Waals surface area contributed by atoms with Crippen LogP contribution in [-0.4, -0.2) is 94.5 Å². The monoisotopic (exact) mass is 559 g/mol. The van der Waals surface area contributed by atoms with E-state index >= 15 is 0 Å². The van der Waals surface area contributed by atoms with Gasteiger partial charge in [0.05, 0.1) is 5.60 Å². The molecule has 4 N–H and O–H groups in total. The number of aromatic nitrogens is 1. The Labute approximate surface area is 241 Å². The van der Waals surface area contributed by atoms with Crippen molar-refractivity contribution in [1.82, 2.24) is 19.7 Å². The Kier molecular flexibility index (Phi) is 8.42. The second-order valence-corrected chi connectivity index (χ2v) is 11.9. The predicted molar refractivity (Wildman–Crippen MR) is 161 cm³/mol. The maximum Gasteiger partial charge on any atom is 0.253 e. The van der Waals surface area contributed by atoms with Gasteiger partial charge in [0.15, 0.2) is 11.8 Å². The number of rotatable bonds is 6. The molecule has 0 radical (unpaired) electrons. The fraction of sp³-hybridized carbons (Fsp3) is 0.484. The van der Waals surface area contributed by atoms with Crippen LogP contribution in [0, 0.1) is 5.92 Å². The third-order valence-electron chi connectivity index (χ3n) is 8.56. The largest absolute Gasteiger partial charge is 0.390 e. The van der Waals surface area contributed by atoms with Gasteiger partial charge in [-0.05, 0) is 101 Å². The number of aliphatic hydroxyl groups is 1. The van der Waals surface area contributed by atoms with Gasteiger partial charge in [0.1, 0.15) is 0 Å². The van der Waals surface area contributed by atoms with Gasteiger partial charge in [-0.15, -0.1) is 0 Å². The van der Waals surface area contributed by atoms with Gasteiger partial charge in [-0.3, -0.25) is 9.59 Å². The molecule has 5 rings (SSSR count). The number of pyridine rings is 1. The summed E-state index contributed by atoms with van der Waals surface area (Å²) in [4.78, 5) is 40.8. The lowest BCUT2D eigenvalue weighted by molar-refractivity contribution is -0.149.